The predicted octanol–water partition coefficient (Wildman–Crippen LogP) is 3.61. The molecule has 1 N–H and O–H groups in total. The Morgan fingerprint density at radius 1 is 1.40 bits per heavy atom. The van der Waals surface area contributed by atoms with Crippen molar-refractivity contribution in [1.82, 2.24) is 5.32 Å². The summed E-state index contributed by atoms with van der Waals surface area (Å²) in [6.07, 6.45) is 11.7. The van der Waals surface area contributed by atoms with Crippen LogP contribution in [0.1, 0.15) is 44.9 Å². The van der Waals surface area contributed by atoms with Crippen molar-refractivity contribution in [3.8, 4) is 0 Å². The number of nitrogens with one attached hydrogen (secondary N) is 1. The molecule has 0 amide bonds. The first-order chi connectivity index (χ1) is 7.36. The number of thioether (sulfide) groups is 1. The fourth-order valence-corrected chi connectivity index (χ4v) is 3.62. The van der Waals surface area contributed by atoms with Gasteiger partial charge < -0.3 is 5.32 Å². The zero-order chi connectivity index (χ0) is 10.9. The lowest BCUT2D eigenvalue weighted by Gasteiger charge is -2.23. The van der Waals surface area contributed by atoms with Crippen LogP contribution in [-0.4, -0.2) is 24.1 Å². The molecule has 1 nitrogen and oxygen atoms in total. The lowest BCUT2D eigenvalue weighted by Crippen LogP contribution is -2.28. The molecular weight excluding hydrogens is 202 g/mol. The van der Waals surface area contributed by atoms with Crippen LogP contribution in [0.5, 0.6) is 0 Å². The van der Waals surface area contributed by atoms with E-state index in [1.54, 1.807) is 0 Å². The smallest absolute Gasteiger partial charge is 0.0158 e. The van der Waals surface area contributed by atoms with Crippen LogP contribution in [0.2, 0.25) is 0 Å². The van der Waals surface area contributed by atoms with E-state index in [1.165, 1.54) is 44.3 Å². The van der Waals surface area contributed by atoms with E-state index in [0.717, 1.165) is 11.7 Å². The van der Waals surface area contributed by atoms with Gasteiger partial charge in [-0.1, -0.05) is 25.3 Å². The van der Waals surface area contributed by atoms with Crippen molar-refractivity contribution in [3.63, 3.8) is 0 Å². The molecule has 0 bridgehead atoms. The second kappa shape index (κ2) is 8.23. The van der Waals surface area contributed by atoms with Crippen molar-refractivity contribution in [3.05, 3.63) is 12.7 Å². The van der Waals surface area contributed by atoms with E-state index < -0.39 is 0 Å². The van der Waals surface area contributed by atoms with Crippen LogP contribution in [0.25, 0.3) is 0 Å². The van der Waals surface area contributed by atoms with E-state index in [4.69, 9.17) is 0 Å². The van der Waals surface area contributed by atoms with E-state index in [-0.39, 0.29) is 0 Å². The molecule has 0 saturated heterocycles. The zero-order valence-electron chi connectivity index (χ0n) is 10.0. The molecule has 15 heavy (non-hydrogen) atoms. The van der Waals surface area contributed by atoms with Crippen molar-refractivity contribution in [2.45, 2.75) is 56.2 Å². The number of hydrogen-bond donors (Lipinski definition) is 1. The highest BCUT2D eigenvalue weighted by Gasteiger charge is 2.15. The second-order valence-corrected chi connectivity index (χ2v) is 5.78. The summed E-state index contributed by atoms with van der Waals surface area (Å²) in [5, 5.41) is 4.35. The highest BCUT2D eigenvalue weighted by Crippen LogP contribution is 2.28. The van der Waals surface area contributed by atoms with Crippen molar-refractivity contribution < 1.29 is 0 Å². The Kier molecular flexibility index (Phi) is 7.20. The van der Waals surface area contributed by atoms with Gasteiger partial charge >= 0.3 is 0 Å². The Balaban J connectivity index is 2.11. The van der Waals surface area contributed by atoms with Gasteiger partial charge in [0, 0.05) is 17.0 Å². The minimum Gasteiger partial charge on any atom is -0.316 e. The minimum absolute atomic E-state index is 0.676. The lowest BCUT2D eigenvalue weighted by molar-refractivity contribution is 0.513. The molecule has 2 heteroatoms. The van der Waals surface area contributed by atoms with Crippen molar-refractivity contribution in [2.75, 3.05) is 12.8 Å². The van der Waals surface area contributed by atoms with Crippen LogP contribution in [0.15, 0.2) is 12.7 Å². The summed E-state index contributed by atoms with van der Waals surface area (Å²) in [7, 11) is 2.08. The van der Waals surface area contributed by atoms with Crippen LogP contribution in [0.4, 0.5) is 0 Å². The summed E-state index contributed by atoms with van der Waals surface area (Å²) in [5.41, 5.74) is 0. The molecule has 1 atom stereocenters. The molecule has 1 aliphatic rings. The molecule has 0 aromatic heterocycles. The molecule has 0 heterocycles. The Bertz CT molecular complexity index is 164. The van der Waals surface area contributed by atoms with Crippen LogP contribution in [0, 0.1) is 0 Å². The van der Waals surface area contributed by atoms with Gasteiger partial charge in [0.15, 0.2) is 0 Å². The summed E-state index contributed by atoms with van der Waals surface area (Å²) < 4.78 is 0. The van der Waals surface area contributed by atoms with Crippen LogP contribution in [0.3, 0.4) is 0 Å². The SMILES string of the molecule is C=CCCC(CSC1CCCCC1)NC. The molecular formula is C13H25NS. The molecule has 0 spiro atoms. The van der Waals surface area contributed by atoms with Gasteiger partial charge in [0.1, 0.15) is 0 Å². The molecule has 1 fully saturated rings. The Labute approximate surface area is 99.1 Å². The summed E-state index contributed by atoms with van der Waals surface area (Å²) in [5.74, 6) is 1.27. The quantitative estimate of drug-likeness (QED) is 0.667. The molecule has 0 aromatic carbocycles. The first-order valence-electron chi connectivity index (χ1n) is 6.26. The molecule has 0 aromatic rings. The molecule has 1 unspecified atom stereocenters. The van der Waals surface area contributed by atoms with Gasteiger partial charge in [-0.25, -0.2) is 0 Å². The van der Waals surface area contributed by atoms with E-state index >= 15 is 0 Å². The Morgan fingerprint density at radius 2 is 2.13 bits per heavy atom. The van der Waals surface area contributed by atoms with Gasteiger partial charge in [-0.15, -0.1) is 6.58 Å². The molecule has 0 radical (unpaired) electrons. The summed E-state index contributed by atoms with van der Waals surface area (Å²) in [4.78, 5) is 0. The number of allylic oxidation sites excluding steroid dienone is 1. The van der Waals surface area contributed by atoms with Gasteiger partial charge in [-0.3, -0.25) is 0 Å². The predicted molar refractivity (Wildman–Crippen MR) is 71.6 cm³/mol. The average molecular weight is 227 g/mol. The van der Waals surface area contributed by atoms with Gasteiger partial charge in [-0.2, -0.15) is 11.8 Å². The molecule has 88 valence electrons. The maximum Gasteiger partial charge on any atom is 0.0158 e. The van der Waals surface area contributed by atoms with Gasteiger partial charge in [0.2, 0.25) is 0 Å². The second-order valence-electron chi connectivity index (χ2n) is 4.44. The molecule has 1 saturated carbocycles. The van der Waals surface area contributed by atoms with E-state index in [1.807, 2.05) is 6.08 Å². The average Bonchev–Trinajstić information content (AvgIpc) is 2.31. The molecule has 0 aliphatic heterocycles. The normalized spacial score (nSPS) is 20.1. The summed E-state index contributed by atoms with van der Waals surface area (Å²) >= 11 is 2.18. The third-order valence-corrected chi connectivity index (χ3v) is 4.75. The molecule has 1 aliphatic carbocycles. The first kappa shape index (κ1) is 13.1. The van der Waals surface area contributed by atoms with E-state index in [0.29, 0.717) is 6.04 Å². The summed E-state index contributed by atoms with van der Waals surface area (Å²) in [6.45, 7) is 3.78. The van der Waals surface area contributed by atoms with Crippen molar-refractivity contribution in [1.29, 1.82) is 0 Å². The van der Waals surface area contributed by atoms with E-state index in [9.17, 15) is 0 Å². The zero-order valence-corrected chi connectivity index (χ0v) is 10.8. The largest absolute Gasteiger partial charge is 0.316 e. The minimum atomic E-state index is 0.676. The fraction of sp³-hybridized carbons (Fsp3) is 0.846. The topological polar surface area (TPSA) is 12.0 Å². The standard InChI is InChI=1S/C13H25NS/c1-3-4-8-12(14-2)11-15-13-9-6-5-7-10-13/h3,12-14H,1,4-11H2,2H3. The fourth-order valence-electron chi connectivity index (χ4n) is 2.11. The molecule has 1 rings (SSSR count). The monoisotopic (exact) mass is 227 g/mol. The maximum absolute atomic E-state index is 3.78. The number of hydrogen-bond acceptors (Lipinski definition) is 2. The van der Waals surface area contributed by atoms with Crippen molar-refractivity contribution in [2.24, 2.45) is 0 Å². The van der Waals surface area contributed by atoms with Gasteiger partial charge in [-0.05, 0) is 32.7 Å². The van der Waals surface area contributed by atoms with Crippen LogP contribution < -0.4 is 5.32 Å². The highest BCUT2D eigenvalue weighted by molar-refractivity contribution is 7.99. The highest BCUT2D eigenvalue weighted by atomic mass is 32.2. The van der Waals surface area contributed by atoms with Crippen molar-refractivity contribution >= 4 is 11.8 Å². The van der Waals surface area contributed by atoms with Gasteiger partial charge in [0.05, 0.1) is 0 Å². The third-order valence-electron chi connectivity index (χ3n) is 3.21. The lowest BCUT2D eigenvalue weighted by atomic mass is 10.0. The Morgan fingerprint density at radius 3 is 2.73 bits per heavy atom. The van der Waals surface area contributed by atoms with Crippen LogP contribution >= 0.6 is 11.8 Å². The Hall–Kier alpha value is 0.0500. The maximum atomic E-state index is 3.78. The number of rotatable bonds is 7. The summed E-state index contributed by atoms with van der Waals surface area (Å²) in [6, 6.07) is 0.676. The first-order valence-corrected chi connectivity index (χ1v) is 7.31. The van der Waals surface area contributed by atoms with E-state index in [2.05, 4.69) is 30.7 Å². The third kappa shape index (κ3) is 5.62. The van der Waals surface area contributed by atoms with Gasteiger partial charge in [0.25, 0.3) is 0 Å². The van der Waals surface area contributed by atoms with Crippen LogP contribution in [-0.2, 0) is 0 Å².